The lowest BCUT2D eigenvalue weighted by atomic mass is 9.89. The number of hydrogen-bond acceptors (Lipinski definition) is 6. The average molecular weight is 510 g/mol. The lowest BCUT2D eigenvalue weighted by Gasteiger charge is -2.48. The van der Waals surface area contributed by atoms with Crippen LogP contribution in [0.5, 0.6) is 0 Å². The van der Waals surface area contributed by atoms with Crippen LogP contribution >= 0.6 is 11.6 Å². The van der Waals surface area contributed by atoms with Crippen molar-refractivity contribution in [1.82, 2.24) is 9.97 Å². The van der Waals surface area contributed by atoms with E-state index >= 15 is 0 Å². The zero-order valence-electron chi connectivity index (χ0n) is 20.6. The van der Waals surface area contributed by atoms with E-state index in [0.717, 1.165) is 12.8 Å². The summed E-state index contributed by atoms with van der Waals surface area (Å²) >= 11 is 6.01. The van der Waals surface area contributed by atoms with Gasteiger partial charge in [-0.15, -0.1) is 0 Å². The van der Waals surface area contributed by atoms with Crippen LogP contribution in [0.1, 0.15) is 50.9 Å². The fourth-order valence-electron chi connectivity index (χ4n) is 4.74. The number of halogens is 1. The number of ether oxygens (including phenoxy) is 1. The van der Waals surface area contributed by atoms with Crippen LogP contribution in [0.15, 0.2) is 66.9 Å². The zero-order chi connectivity index (χ0) is 25.1. The molecule has 1 aromatic heterocycles. The van der Waals surface area contributed by atoms with E-state index in [-0.39, 0.29) is 34.6 Å². The van der Waals surface area contributed by atoms with E-state index in [1.165, 1.54) is 16.6 Å². The average Bonchev–Trinajstić information content (AvgIpc) is 2.81. The molecule has 184 valence electrons. The number of carbonyl (C=O) groups excluding carboxylic acids is 1. The predicted octanol–water partition coefficient (Wildman–Crippen LogP) is 4.83. The molecular formula is C27H32ClN3O3Si. The Kier molecular flexibility index (Phi) is 7.59. The molecule has 1 aliphatic carbocycles. The molecule has 0 radical (unpaired) electrons. The van der Waals surface area contributed by atoms with E-state index in [9.17, 15) is 4.79 Å². The fraction of sp³-hybridized carbons (Fsp3) is 0.370. The van der Waals surface area contributed by atoms with Gasteiger partial charge in [0, 0.05) is 18.3 Å². The Balaban J connectivity index is 1.57. The molecule has 1 N–H and O–H groups in total. The lowest BCUT2D eigenvalue weighted by Crippen LogP contribution is -2.69. The number of hydrogen-bond donors (Lipinski definition) is 1. The second-order valence-electron chi connectivity index (χ2n) is 9.84. The van der Waals surface area contributed by atoms with Gasteiger partial charge < -0.3 is 14.5 Å². The van der Waals surface area contributed by atoms with Gasteiger partial charge in [0.15, 0.2) is 0 Å². The SMILES string of the molecule is CCOC(=O)c1cnc(Cl)nc1NC1CC(O[Si](c2ccccc2)(c2ccccc2)C(C)(C)C)C1. The fourth-order valence-corrected chi connectivity index (χ4v) is 9.58. The van der Waals surface area contributed by atoms with Crippen molar-refractivity contribution in [3.05, 3.63) is 77.7 Å². The summed E-state index contributed by atoms with van der Waals surface area (Å²) in [5.74, 6) is -0.0662. The highest BCUT2D eigenvalue weighted by Crippen LogP contribution is 2.40. The first-order chi connectivity index (χ1) is 16.7. The van der Waals surface area contributed by atoms with Crippen molar-refractivity contribution >= 4 is 42.1 Å². The summed E-state index contributed by atoms with van der Waals surface area (Å²) in [5, 5.41) is 5.90. The van der Waals surface area contributed by atoms with Gasteiger partial charge in [-0.25, -0.2) is 9.78 Å². The summed E-state index contributed by atoms with van der Waals surface area (Å²) in [6, 6.07) is 21.4. The Hall–Kier alpha value is -2.74. The van der Waals surface area contributed by atoms with Crippen LogP contribution in [0.25, 0.3) is 0 Å². The third kappa shape index (κ3) is 5.27. The van der Waals surface area contributed by atoms with Crippen LogP contribution < -0.4 is 15.7 Å². The molecule has 1 saturated carbocycles. The van der Waals surface area contributed by atoms with Gasteiger partial charge in [0.1, 0.15) is 11.4 Å². The van der Waals surface area contributed by atoms with E-state index in [1.54, 1.807) is 6.92 Å². The van der Waals surface area contributed by atoms with Crippen molar-refractivity contribution in [3.63, 3.8) is 0 Å². The molecule has 0 spiro atoms. The number of anilines is 1. The highest BCUT2D eigenvalue weighted by atomic mass is 35.5. The standard InChI is InChI=1S/C27H32ClN3O3Si/c1-5-33-25(32)23-18-29-26(28)31-24(23)30-19-16-20(17-19)34-35(27(2,3)4,21-12-8-6-9-13-21)22-14-10-7-11-15-22/h6-15,18-20H,5,16-17H2,1-4H3,(H,29,30,31). The third-order valence-electron chi connectivity index (χ3n) is 6.45. The molecule has 0 aliphatic heterocycles. The monoisotopic (exact) mass is 509 g/mol. The molecule has 0 amide bonds. The van der Waals surface area contributed by atoms with Gasteiger partial charge in [-0.3, -0.25) is 0 Å². The minimum absolute atomic E-state index is 0.0779. The van der Waals surface area contributed by atoms with Crippen LogP contribution in [0.4, 0.5) is 5.82 Å². The Morgan fingerprint density at radius 1 is 1.06 bits per heavy atom. The Morgan fingerprint density at radius 3 is 2.14 bits per heavy atom. The van der Waals surface area contributed by atoms with Gasteiger partial charge in [-0.2, -0.15) is 4.98 Å². The lowest BCUT2D eigenvalue weighted by molar-refractivity contribution is 0.0526. The minimum Gasteiger partial charge on any atom is -0.462 e. The van der Waals surface area contributed by atoms with Gasteiger partial charge in [-0.1, -0.05) is 81.4 Å². The molecule has 8 heteroatoms. The molecule has 3 aromatic rings. The molecule has 4 rings (SSSR count). The highest BCUT2D eigenvalue weighted by Gasteiger charge is 2.52. The predicted molar refractivity (Wildman–Crippen MR) is 142 cm³/mol. The molecule has 0 atom stereocenters. The maximum absolute atomic E-state index is 12.3. The number of benzene rings is 2. The molecule has 1 heterocycles. The van der Waals surface area contributed by atoms with Crippen LogP contribution in [0, 0.1) is 0 Å². The molecule has 0 saturated heterocycles. The summed E-state index contributed by atoms with van der Waals surface area (Å²) in [6.45, 7) is 8.88. The van der Waals surface area contributed by atoms with Crippen molar-refractivity contribution in [2.24, 2.45) is 0 Å². The van der Waals surface area contributed by atoms with Gasteiger partial charge in [0.2, 0.25) is 5.28 Å². The van der Waals surface area contributed by atoms with Gasteiger partial charge >= 0.3 is 5.97 Å². The van der Waals surface area contributed by atoms with Gasteiger partial charge in [0.05, 0.1) is 6.61 Å². The highest BCUT2D eigenvalue weighted by molar-refractivity contribution is 6.99. The molecule has 0 bridgehead atoms. The van der Waals surface area contributed by atoms with Crippen molar-refractivity contribution in [2.75, 3.05) is 11.9 Å². The number of aromatic nitrogens is 2. The van der Waals surface area contributed by atoms with E-state index in [2.05, 4.69) is 84.6 Å². The van der Waals surface area contributed by atoms with Crippen LogP contribution in [-0.2, 0) is 9.16 Å². The number of rotatable bonds is 8. The molecule has 2 aromatic carbocycles. The van der Waals surface area contributed by atoms with E-state index in [1.807, 2.05) is 12.1 Å². The maximum Gasteiger partial charge on any atom is 0.343 e. The van der Waals surface area contributed by atoms with Crippen LogP contribution in [0.2, 0.25) is 10.3 Å². The second kappa shape index (κ2) is 10.5. The molecular weight excluding hydrogens is 478 g/mol. The van der Waals surface area contributed by atoms with Crippen LogP contribution in [-0.4, -0.2) is 43.0 Å². The minimum atomic E-state index is -2.60. The van der Waals surface area contributed by atoms with Crippen molar-refractivity contribution in [2.45, 2.75) is 57.7 Å². The second-order valence-corrected chi connectivity index (χ2v) is 14.4. The first kappa shape index (κ1) is 25.4. The topological polar surface area (TPSA) is 73.3 Å². The Morgan fingerprint density at radius 2 is 1.63 bits per heavy atom. The number of carbonyl (C=O) groups is 1. The summed E-state index contributed by atoms with van der Waals surface area (Å²) in [5.41, 5.74) is 0.285. The molecule has 1 fully saturated rings. The molecule has 1 aliphatic rings. The number of esters is 1. The van der Waals surface area contributed by atoms with Crippen molar-refractivity contribution in [3.8, 4) is 0 Å². The van der Waals surface area contributed by atoms with Crippen LogP contribution in [0.3, 0.4) is 0 Å². The molecule has 35 heavy (non-hydrogen) atoms. The van der Waals surface area contributed by atoms with Crippen molar-refractivity contribution < 1.29 is 14.0 Å². The first-order valence-corrected chi connectivity index (χ1v) is 14.3. The summed E-state index contributed by atoms with van der Waals surface area (Å²) in [7, 11) is -2.60. The number of nitrogens with zero attached hydrogens (tertiary/aromatic N) is 2. The first-order valence-electron chi connectivity index (χ1n) is 12.0. The smallest absolute Gasteiger partial charge is 0.343 e. The Bertz CT molecular complexity index is 1110. The summed E-state index contributed by atoms with van der Waals surface area (Å²) in [6.07, 6.45) is 3.09. The largest absolute Gasteiger partial charge is 0.462 e. The molecule has 6 nitrogen and oxygen atoms in total. The number of nitrogens with one attached hydrogen (secondary N) is 1. The summed E-state index contributed by atoms with van der Waals surface area (Å²) < 4.78 is 12.3. The van der Waals surface area contributed by atoms with Gasteiger partial charge in [-0.05, 0) is 46.8 Å². The quantitative estimate of drug-likeness (QED) is 0.266. The van der Waals surface area contributed by atoms with E-state index < -0.39 is 14.3 Å². The van der Waals surface area contributed by atoms with E-state index in [0.29, 0.717) is 5.82 Å². The third-order valence-corrected chi connectivity index (χ3v) is 11.7. The summed E-state index contributed by atoms with van der Waals surface area (Å²) in [4.78, 5) is 20.5. The maximum atomic E-state index is 12.3. The van der Waals surface area contributed by atoms with Gasteiger partial charge in [0.25, 0.3) is 8.32 Å². The molecule has 0 unspecified atom stereocenters. The zero-order valence-corrected chi connectivity index (χ0v) is 22.4. The van der Waals surface area contributed by atoms with E-state index in [4.69, 9.17) is 20.8 Å². The van der Waals surface area contributed by atoms with Crippen molar-refractivity contribution in [1.29, 1.82) is 0 Å². The normalized spacial score (nSPS) is 18.0. The Labute approximate surface area is 213 Å².